The van der Waals surface area contributed by atoms with Crippen molar-refractivity contribution < 1.29 is 34.1 Å². The second-order valence-corrected chi connectivity index (χ2v) is 4.51. The predicted octanol–water partition coefficient (Wildman–Crippen LogP) is -4.05. The average Bonchev–Trinajstić information content (AvgIpc) is 2.87. The summed E-state index contributed by atoms with van der Waals surface area (Å²) in [5.74, 6) is -4.45. The van der Waals surface area contributed by atoms with Crippen LogP contribution in [0.25, 0.3) is 0 Å². The number of amides is 2. The van der Waals surface area contributed by atoms with E-state index in [2.05, 4.69) is 0 Å². The molecule has 0 atom stereocenters. The quantitative estimate of drug-likeness (QED) is 0.471. The van der Waals surface area contributed by atoms with Crippen LogP contribution in [0.1, 0.15) is 12.8 Å². The van der Waals surface area contributed by atoms with Gasteiger partial charge < -0.3 is 24.5 Å². The van der Waals surface area contributed by atoms with Crippen LogP contribution in [0.5, 0.6) is 0 Å². The Kier molecular flexibility index (Phi) is 6.76. The summed E-state index contributed by atoms with van der Waals surface area (Å²) < 4.78 is 5.19. The molecule has 2 aliphatic heterocycles. The number of likely N-dealkylation sites (tertiary alicyclic amines) is 1. The van der Waals surface area contributed by atoms with Crippen LogP contribution >= 0.6 is 0 Å². The van der Waals surface area contributed by atoms with Gasteiger partial charge in [0.1, 0.15) is 0 Å². The highest BCUT2D eigenvalue weighted by Gasteiger charge is 2.27. The fraction of sp³-hybridized carbons (Fsp3) is 0.667. The molecule has 118 valence electrons. The molecule has 0 saturated carbocycles. The Morgan fingerprint density at radius 3 is 2.05 bits per heavy atom. The minimum absolute atomic E-state index is 0.0201. The number of carboxylic acid groups (broad SMARTS) is 2. The second-order valence-electron chi connectivity index (χ2n) is 4.51. The molecule has 0 N–H and O–H groups in total. The average molecular weight is 300 g/mol. The number of carbonyl (C=O) groups excluding carboxylic acids is 4. The Morgan fingerprint density at radius 2 is 1.62 bits per heavy atom. The van der Waals surface area contributed by atoms with Gasteiger partial charge >= 0.3 is 0 Å². The minimum Gasteiger partial charge on any atom is -0.543 e. The van der Waals surface area contributed by atoms with Gasteiger partial charge in [0.25, 0.3) is 0 Å². The molecule has 0 unspecified atom stereocenters. The van der Waals surface area contributed by atoms with Crippen molar-refractivity contribution in [3.63, 3.8) is 0 Å². The molecule has 2 fully saturated rings. The molecule has 0 bridgehead atoms. The third kappa shape index (κ3) is 5.88. The zero-order chi connectivity index (χ0) is 15.8. The molecule has 2 saturated heterocycles. The number of rotatable bonds is 2. The van der Waals surface area contributed by atoms with Gasteiger partial charge in [0.2, 0.25) is 11.8 Å². The molecular weight excluding hydrogens is 284 g/mol. The lowest BCUT2D eigenvalue weighted by atomic mass is 10.4. The lowest BCUT2D eigenvalue weighted by Gasteiger charge is -2.27. The number of aliphatic carboxylic acids is 2. The smallest absolute Gasteiger partial charge is 0.243 e. The van der Waals surface area contributed by atoms with E-state index in [0.717, 1.165) is 19.5 Å². The number of carboxylic acids is 2. The molecule has 0 aromatic carbocycles. The number of morpholine rings is 1. The summed E-state index contributed by atoms with van der Waals surface area (Å²) in [6.07, 6.45) is 1.34. The molecule has 9 heteroatoms. The summed E-state index contributed by atoms with van der Waals surface area (Å²) in [6.45, 7) is 3.89. The summed E-state index contributed by atoms with van der Waals surface area (Å²) in [5, 5.41) is 17.9. The van der Waals surface area contributed by atoms with Gasteiger partial charge in [0.05, 0.1) is 31.7 Å². The van der Waals surface area contributed by atoms with Crippen LogP contribution in [0.15, 0.2) is 0 Å². The molecule has 0 aliphatic carbocycles. The van der Waals surface area contributed by atoms with E-state index in [9.17, 15) is 9.59 Å². The van der Waals surface area contributed by atoms with Crippen LogP contribution in [-0.4, -0.2) is 72.9 Å². The lowest BCUT2D eigenvalue weighted by molar-refractivity contribution is -0.345. The highest BCUT2D eigenvalue weighted by atomic mass is 16.5. The van der Waals surface area contributed by atoms with Gasteiger partial charge in [0.15, 0.2) is 0 Å². The Balaban J connectivity index is 0.000000315. The predicted molar refractivity (Wildman–Crippen MR) is 63.2 cm³/mol. The Labute approximate surface area is 121 Å². The van der Waals surface area contributed by atoms with E-state index < -0.39 is 11.9 Å². The fourth-order valence-electron chi connectivity index (χ4n) is 1.95. The van der Waals surface area contributed by atoms with Crippen LogP contribution in [0, 0.1) is 0 Å². The van der Waals surface area contributed by atoms with E-state index in [1.165, 1.54) is 4.90 Å². The largest absolute Gasteiger partial charge is 0.543 e. The highest BCUT2D eigenvalue weighted by molar-refractivity contribution is 6.25. The third-order valence-corrected chi connectivity index (χ3v) is 3.00. The first-order valence-electron chi connectivity index (χ1n) is 6.47. The maximum atomic E-state index is 11.7. The first-order valence-corrected chi connectivity index (χ1v) is 6.47. The van der Waals surface area contributed by atoms with Crippen molar-refractivity contribution >= 4 is 23.8 Å². The fourth-order valence-corrected chi connectivity index (χ4v) is 1.95. The zero-order valence-electron chi connectivity index (χ0n) is 11.4. The number of nitrogens with zero attached hydrogens (tertiary/aromatic N) is 2. The Hall–Kier alpha value is -2.00. The van der Waals surface area contributed by atoms with Gasteiger partial charge in [-0.2, -0.15) is 0 Å². The van der Waals surface area contributed by atoms with Gasteiger partial charge in [-0.1, -0.05) is 0 Å². The maximum absolute atomic E-state index is 11.7. The summed E-state index contributed by atoms with van der Waals surface area (Å²) in [7, 11) is 0. The molecular formula is C12H16N2O7-2. The molecule has 0 spiro atoms. The van der Waals surface area contributed by atoms with Crippen LogP contribution < -0.4 is 10.2 Å². The van der Waals surface area contributed by atoms with Crippen molar-refractivity contribution in [2.45, 2.75) is 12.8 Å². The van der Waals surface area contributed by atoms with E-state index in [0.29, 0.717) is 32.7 Å². The summed E-state index contributed by atoms with van der Waals surface area (Å²) in [5.41, 5.74) is 0. The summed E-state index contributed by atoms with van der Waals surface area (Å²) in [4.78, 5) is 44.3. The van der Waals surface area contributed by atoms with Crippen molar-refractivity contribution in [2.75, 3.05) is 39.4 Å². The van der Waals surface area contributed by atoms with Gasteiger partial charge in [-0.3, -0.25) is 19.4 Å². The second kappa shape index (κ2) is 8.32. The molecule has 2 aliphatic rings. The Bertz CT molecular complexity index is 406. The van der Waals surface area contributed by atoms with E-state index in [1.54, 1.807) is 0 Å². The van der Waals surface area contributed by atoms with Gasteiger partial charge in [-0.25, -0.2) is 0 Å². The van der Waals surface area contributed by atoms with Crippen molar-refractivity contribution in [3.05, 3.63) is 0 Å². The summed E-state index contributed by atoms with van der Waals surface area (Å²) in [6, 6.07) is 0. The van der Waals surface area contributed by atoms with Gasteiger partial charge in [0, 0.05) is 26.1 Å². The van der Waals surface area contributed by atoms with E-state index in [-0.39, 0.29) is 11.8 Å². The topological polar surface area (TPSA) is 130 Å². The van der Waals surface area contributed by atoms with E-state index in [4.69, 9.17) is 24.5 Å². The minimum atomic E-state index is -2.19. The number of carbonyl (C=O) groups is 4. The molecule has 2 rings (SSSR count). The molecule has 21 heavy (non-hydrogen) atoms. The standard InChI is InChI=1S/C10H16N2O3.C2H2O4/c13-9-2-1-3-12(9)10(14)8-11-4-6-15-7-5-11;3-1(4)2(5)6/h1-8H2;(H,3,4)(H,5,6)/p-2. The number of hydrogen-bond donors (Lipinski definition) is 0. The van der Waals surface area contributed by atoms with Crippen molar-refractivity contribution in [1.82, 2.24) is 9.80 Å². The summed E-state index contributed by atoms with van der Waals surface area (Å²) >= 11 is 0. The van der Waals surface area contributed by atoms with Crippen LogP contribution in [0.3, 0.4) is 0 Å². The van der Waals surface area contributed by atoms with Crippen molar-refractivity contribution in [3.8, 4) is 0 Å². The van der Waals surface area contributed by atoms with Crippen LogP contribution in [-0.2, 0) is 23.9 Å². The molecule has 9 nitrogen and oxygen atoms in total. The third-order valence-electron chi connectivity index (χ3n) is 3.00. The molecule has 0 aromatic rings. The molecule has 0 radical (unpaired) electrons. The van der Waals surface area contributed by atoms with Crippen molar-refractivity contribution in [2.24, 2.45) is 0 Å². The van der Waals surface area contributed by atoms with E-state index in [1.807, 2.05) is 4.90 Å². The molecule has 0 aromatic heterocycles. The zero-order valence-corrected chi connectivity index (χ0v) is 11.4. The van der Waals surface area contributed by atoms with Gasteiger partial charge in [-0.15, -0.1) is 0 Å². The molecule has 2 heterocycles. The first-order chi connectivity index (χ1) is 9.91. The number of imide groups is 1. The maximum Gasteiger partial charge on any atom is 0.243 e. The first kappa shape index (κ1) is 17.1. The number of hydrogen-bond acceptors (Lipinski definition) is 8. The van der Waals surface area contributed by atoms with Crippen LogP contribution in [0.4, 0.5) is 0 Å². The van der Waals surface area contributed by atoms with Crippen molar-refractivity contribution in [1.29, 1.82) is 0 Å². The van der Waals surface area contributed by atoms with Gasteiger partial charge in [-0.05, 0) is 6.42 Å². The Morgan fingerprint density at radius 1 is 1.05 bits per heavy atom. The molecule has 2 amide bonds. The highest BCUT2D eigenvalue weighted by Crippen LogP contribution is 2.10. The lowest BCUT2D eigenvalue weighted by Crippen LogP contribution is -2.45. The SMILES string of the molecule is O=C([O-])C(=O)[O-].O=C1CCCN1C(=O)CN1CCOCC1. The normalized spacial score (nSPS) is 18.9. The number of ether oxygens (including phenoxy) is 1. The monoisotopic (exact) mass is 300 g/mol. The van der Waals surface area contributed by atoms with E-state index >= 15 is 0 Å². The van der Waals surface area contributed by atoms with Crippen LogP contribution in [0.2, 0.25) is 0 Å².